The topological polar surface area (TPSA) is 76.1 Å². The third kappa shape index (κ3) is 2.98. The van der Waals surface area contributed by atoms with Gasteiger partial charge in [0.25, 0.3) is 0 Å². The predicted octanol–water partition coefficient (Wildman–Crippen LogP) is 1.92. The monoisotopic (exact) mass is 336 g/mol. The Kier molecular flexibility index (Phi) is 3.88. The van der Waals surface area contributed by atoms with Gasteiger partial charge in [0.2, 0.25) is 5.91 Å². The van der Waals surface area contributed by atoms with Crippen molar-refractivity contribution in [1.82, 2.24) is 10.3 Å². The first kappa shape index (κ1) is 15.0. The van der Waals surface area contributed by atoms with Crippen LogP contribution in [-0.4, -0.2) is 25.1 Å². The lowest BCUT2D eigenvalue weighted by atomic mass is 10.1. The van der Waals surface area contributed by atoms with Crippen LogP contribution in [0.5, 0.6) is 0 Å². The summed E-state index contributed by atoms with van der Waals surface area (Å²) in [4.78, 5) is 16.4. The van der Waals surface area contributed by atoms with Gasteiger partial charge >= 0.3 is 0 Å². The molecule has 0 saturated heterocycles. The van der Waals surface area contributed by atoms with Crippen molar-refractivity contribution < 1.29 is 13.2 Å². The second-order valence-corrected chi connectivity index (χ2v) is 7.52. The van der Waals surface area contributed by atoms with Gasteiger partial charge in [0.05, 0.1) is 28.1 Å². The van der Waals surface area contributed by atoms with Crippen LogP contribution in [0.2, 0.25) is 5.02 Å². The van der Waals surface area contributed by atoms with Crippen molar-refractivity contribution in [3.8, 4) is 0 Å². The van der Waals surface area contributed by atoms with Crippen LogP contribution < -0.4 is 5.32 Å². The van der Waals surface area contributed by atoms with Gasteiger partial charge in [-0.25, -0.2) is 8.42 Å². The Balaban J connectivity index is 1.74. The summed E-state index contributed by atoms with van der Waals surface area (Å²) in [6, 6.07) is 9.55. The van der Waals surface area contributed by atoms with Crippen LogP contribution in [0, 0.1) is 0 Å². The molecule has 1 amide bonds. The Morgan fingerprint density at radius 3 is 2.77 bits per heavy atom. The maximum atomic E-state index is 12.1. The number of nitrogens with one attached hydrogen (secondary N) is 1. The molecule has 22 heavy (non-hydrogen) atoms. The minimum absolute atomic E-state index is 0.0792. The zero-order valence-corrected chi connectivity index (χ0v) is 13.1. The number of carbonyl (C=O) groups is 1. The van der Waals surface area contributed by atoms with Crippen LogP contribution in [0.3, 0.4) is 0 Å². The molecule has 0 radical (unpaired) electrons. The average molecular weight is 337 g/mol. The van der Waals surface area contributed by atoms with Gasteiger partial charge in [0, 0.05) is 11.9 Å². The molecule has 1 unspecified atom stereocenters. The fourth-order valence-corrected chi connectivity index (χ4v) is 4.34. The van der Waals surface area contributed by atoms with Crippen molar-refractivity contribution in [3.63, 3.8) is 0 Å². The summed E-state index contributed by atoms with van der Waals surface area (Å²) in [6.45, 7) is 0. The number of carbonyl (C=O) groups excluding carboxylic acids is 1. The molecule has 0 saturated carbocycles. The van der Waals surface area contributed by atoms with E-state index in [0.29, 0.717) is 21.2 Å². The normalized spacial score (nSPS) is 18.7. The van der Waals surface area contributed by atoms with E-state index in [4.69, 9.17) is 11.6 Å². The molecule has 2 aromatic rings. The second kappa shape index (κ2) is 5.70. The highest BCUT2D eigenvalue weighted by molar-refractivity contribution is 7.91. The Morgan fingerprint density at radius 1 is 1.27 bits per heavy atom. The highest BCUT2D eigenvalue weighted by Gasteiger charge is 2.35. The van der Waals surface area contributed by atoms with Crippen LogP contribution in [0.1, 0.15) is 17.3 Å². The van der Waals surface area contributed by atoms with E-state index in [9.17, 15) is 13.2 Å². The molecule has 0 bridgehead atoms. The highest BCUT2D eigenvalue weighted by atomic mass is 35.5. The van der Waals surface area contributed by atoms with Crippen LogP contribution in [0.25, 0.3) is 0 Å². The van der Waals surface area contributed by atoms with Gasteiger partial charge in [0.15, 0.2) is 9.84 Å². The number of rotatable bonds is 3. The molecule has 7 heteroatoms. The molecule has 0 spiro atoms. The Morgan fingerprint density at radius 2 is 2.05 bits per heavy atom. The molecular weight excluding hydrogens is 324 g/mol. The number of benzene rings is 1. The Hall–Kier alpha value is -1.92. The van der Waals surface area contributed by atoms with Gasteiger partial charge in [-0.15, -0.1) is 0 Å². The summed E-state index contributed by atoms with van der Waals surface area (Å²) in [6.07, 6.45) is 1.55. The van der Waals surface area contributed by atoms with Crippen molar-refractivity contribution in [1.29, 1.82) is 0 Å². The average Bonchev–Trinajstić information content (AvgIpc) is 2.73. The summed E-state index contributed by atoms with van der Waals surface area (Å²) in [5, 5.41) is 3.26. The van der Waals surface area contributed by atoms with Crippen molar-refractivity contribution >= 4 is 27.3 Å². The smallest absolute Gasteiger partial charge is 0.226 e. The first-order valence-electron chi connectivity index (χ1n) is 6.67. The van der Waals surface area contributed by atoms with Gasteiger partial charge in [-0.1, -0.05) is 29.8 Å². The number of halogens is 1. The first-order chi connectivity index (χ1) is 10.5. The molecular formula is C15H13ClN2O3S. The standard InChI is InChI=1S/C15H13ClN2O3S/c16-10-5-6-11(17-8-10)7-15(19)18-13-9-22(20,21)14-4-2-1-3-12(13)14/h1-6,8,13H,7,9H2,(H,18,19). The Bertz CT molecular complexity index is 819. The van der Waals surface area contributed by atoms with Gasteiger partial charge in [-0.2, -0.15) is 0 Å². The second-order valence-electron chi connectivity index (χ2n) is 5.08. The lowest BCUT2D eigenvalue weighted by Crippen LogP contribution is -2.31. The van der Waals surface area contributed by atoms with Crippen molar-refractivity contribution in [2.24, 2.45) is 0 Å². The molecule has 1 aliphatic heterocycles. The molecule has 3 rings (SSSR count). The molecule has 0 fully saturated rings. The van der Waals surface area contributed by atoms with E-state index in [1.807, 2.05) is 0 Å². The number of nitrogens with zero attached hydrogens (tertiary/aromatic N) is 1. The van der Waals surface area contributed by atoms with E-state index in [0.717, 1.165) is 0 Å². The summed E-state index contributed by atoms with van der Waals surface area (Å²) in [5.74, 6) is -0.377. The minimum atomic E-state index is -3.33. The molecule has 1 aliphatic rings. The van der Waals surface area contributed by atoms with E-state index in [2.05, 4.69) is 10.3 Å². The summed E-state index contributed by atoms with van der Waals surface area (Å²) in [5.41, 5.74) is 1.22. The lowest BCUT2D eigenvalue weighted by Gasteiger charge is -2.12. The molecule has 0 aliphatic carbocycles. The third-order valence-corrected chi connectivity index (χ3v) is 5.52. The largest absolute Gasteiger partial charge is 0.348 e. The Labute approximate surface area is 133 Å². The lowest BCUT2D eigenvalue weighted by molar-refractivity contribution is -0.121. The van der Waals surface area contributed by atoms with Crippen molar-refractivity contribution in [2.45, 2.75) is 17.4 Å². The molecule has 1 N–H and O–H groups in total. The third-order valence-electron chi connectivity index (χ3n) is 3.48. The summed E-state index contributed by atoms with van der Waals surface area (Å²) < 4.78 is 24.1. The minimum Gasteiger partial charge on any atom is -0.348 e. The molecule has 5 nitrogen and oxygen atoms in total. The first-order valence-corrected chi connectivity index (χ1v) is 8.70. The number of aromatic nitrogens is 1. The van der Waals surface area contributed by atoms with Crippen molar-refractivity contribution in [2.75, 3.05) is 5.75 Å². The summed E-state index contributed by atoms with van der Waals surface area (Å²) >= 11 is 5.74. The SMILES string of the molecule is O=C(Cc1ccc(Cl)cn1)NC1CS(=O)(=O)c2ccccc21. The number of hydrogen-bond donors (Lipinski definition) is 1. The number of hydrogen-bond acceptors (Lipinski definition) is 4. The quantitative estimate of drug-likeness (QED) is 0.929. The molecule has 114 valence electrons. The highest BCUT2D eigenvalue weighted by Crippen LogP contribution is 2.32. The van der Waals surface area contributed by atoms with Gasteiger partial charge in [-0.3, -0.25) is 9.78 Å². The fraction of sp³-hybridized carbons (Fsp3) is 0.200. The van der Waals surface area contributed by atoms with E-state index in [1.165, 1.54) is 6.20 Å². The number of sulfone groups is 1. The van der Waals surface area contributed by atoms with Gasteiger partial charge < -0.3 is 5.32 Å². The molecule has 2 heterocycles. The molecule has 1 aromatic carbocycles. The predicted molar refractivity (Wildman–Crippen MR) is 82.3 cm³/mol. The maximum Gasteiger partial charge on any atom is 0.226 e. The number of pyridine rings is 1. The van der Waals surface area contributed by atoms with Crippen LogP contribution >= 0.6 is 11.6 Å². The number of fused-ring (bicyclic) bond motifs is 1. The van der Waals surface area contributed by atoms with E-state index in [-0.39, 0.29) is 18.1 Å². The van der Waals surface area contributed by atoms with Crippen LogP contribution in [-0.2, 0) is 21.1 Å². The number of amides is 1. The zero-order valence-electron chi connectivity index (χ0n) is 11.5. The van der Waals surface area contributed by atoms with E-state index < -0.39 is 15.9 Å². The van der Waals surface area contributed by atoms with Crippen molar-refractivity contribution in [3.05, 3.63) is 58.9 Å². The zero-order chi connectivity index (χ0) is 15.7. The van der Waals surface area contributed by atoms with Crippen LogP contribution in [0.4, 0.5) is 0 Å². The van der Waals surface area contributed by atoms with Crippen LogP contribution in [0.15, 0.2) is 47.5 Å². The van der Waals surface area contributed by atoms with E-state index in [1.54, 1.807) is 36.4 Å². The van der Waals surface area contributed by atoms with Gasteiger partial charge in [-0.05, 0) is 23.8 Å². The van der Waals surface area contributed by atoms with E-state index >= 15 is 0 Å². The molecule has 1 atom stereocenters. The fourth-order valence-electron chi connectivity index (χ4n) is 2.49. The van der Waals surface area contributed by atoms with Gasteiger partial charge in [0.1, 0.15) is 0 Å². The maximum absolute atomic E-state index is 12.1. The molecule has 1 aromatic heterocycles. The summed E-state index contributed by atoms with van der Waals surface area (Å²) in [7, 11) is -3.33.